The summed E-state index contributed by atoms with van der Waals surface area (Å²) in [6.07, 6.45) is 1.82. The standard InChI is InChI=1S/C22H29NO5/c1-5-19(16-8-13-20(26-3)21(15-16)27-4)23-22(24)7-6-14-28-18-11-9-17(25-2)10-12-18/h8-13,15,19H,5-7,14H2,1-4H3,(H,23,24). The molecular weight excluding hydrogens is 358 g/mol. The van der Waals surface area contributed by atoms with Gasteiger partial charge < -0.3 is 24.3 Å². The summed E-state index contributed by atoms with van der Waals surface area (Å²) < 4.78 is 21.4. The Bertz CT molecular complexity index is 745. The number of amides is 1. The van der Waals surface area contributed by atoms with Gasteiger partial charge in [-0.1, -0.05) is 13.0 Å². The molecule has 0 spiro atoms. The Morgan fingerprint density at radius 1 is 0.929 bits per heavy atom. The van der Waals surface area contributed by atoms with Crippen LogP contribution in [-0.4, -0.2) is 33.8 Å². The smallest absolute Gasteiger partial charge is 0.220 e. The number of rotatable bonds is 11. The molecule has 2 rings (SSSR count). The Morgan fingerprint density at radius 2 is 1.61 bits per heavy atom. The second-order valence-corrected chi connectivity index (χ2v) is 6.27. The van der Waals surface area contributed by atoms with Crippen LogP contribution in [0.5, 0.6) is 23.0 Å². The minimum absolute atomic E-state index is 0.0000317. The predicted octanol–water partition coefficient (Wildman–Crippen LogP) is 4.14. The number of nitrogens with one attached hydrogen (secondary N) is 1. The normalized spacial score (nSPS) is 11.4. The van der Waals surface area contributed by atoms with Gasteiger partial charge in [-0.05, 0) is 54.8 Å². The highest BCUT2D eigenvalue weighted by molar-refractivity contribution is 5.76. The molecule has 0 aliphatic heterocycles. The van der Waals surface area contributed by atoms with Crippen molar-refractivity contribution in [3.8, 4) is 23.0 Å². The molecule has 0 radical (unpaired) electrons. The Balaban J connectivity index is 1.81. The highest BCUT2D eigenvalue weighted by atomic mass is 16.5. The lowest BCUT2D eigenvalue weighted by Gasteiger charge is -2.19. The van der Waals surface area contributed by atoms with Gasteiger partial charge in [-0.3, -0.25) is 4.79 Å². The zero-order valence-electron chi connectivity index (χ0n) is 17.0. The molecule has 0 bridgehead atoms. The maximum atomic E-state index is 12.3. The van der Waals surface area contributed by atoms with Crippen LogP contribution in [0.2, 0.25) is 0 Å². The van der Waals surface area contributed by atoms with Crippen molar-refractivity contribution in [1.29, 1.82) is 0 Å². The Labute approximate surface area is 166 Å². The van der Waals surface area contributed by atoms with Gasteiger partial charge in [0.05, 0.1) is 34.0 Å². The fourth-order valence-corrected chi connectivity index (χ4v) is 2.85. The van der Waals surface area contributed by atoms with Gasteiger partial charge in [0, 0.05) is 6.42 Å². The van der Waals surface area contributed by atoms with Gasteiger partial charge >= 0.3 is 0 Å². The average Bonchev–Trinajstić information content (AvgIpc) is 2.74. The SMILES string of the molecule is CCC(NC(=O)CCCOc1ccc(OC)cc1)c1ccc(OC)c(OC)c1. The highest BCUT2D eigenvalue weighted by Crippen LogP contribution is 2.30. The lowest BCUT2D eigenvalue weighted by molar-refractivity contribution is -0.122. The van der Waals surface area contributed by atoms with E-state index in [1.54, 1.807) is 21.3 Å². The van der Waals surface area contributed by atoms with Crippen LogP contribution < -0.4 is 24.3 Å². The maximum absolute atomic E-state index is 12.3. The third-order valence-electron chi connectivity index (χ3n) is 4.43. The molecule has 0 heterocycles. The summed E-state index contributed by atoms with van der Waals surface area (Å²) >= 11 is 0. The maximum Gasteiger partial charge on any atom is 0.220 e. The quantitative estimate of drug-likeness (QED) is 0.587. The molecular formula is C22H29NO5. The van der Waals surface area contributed by atoms with Crippen molar-refractivity contribution in [2.75, 3.05) is 27.9 Å². The molecule has 1 amide bonds. The summed E-state index contributed by atoms with van der Waals surface area (Å²) in [6.45, 7) is 2.52. The lowest BCUT2D eigenvalue weighted by atomic mass is 10.0. The van der Waals surface area contributed by atoms with Crippen molar-refractivity contribution in [2.45, 2.75) is 32.2 Å². The largest absolute Gasteiger partial charge is 0.497 e. The topological polar surface area (TPSA) is 66.0 Å². The summed E-state index contributed by atoms with van der Waals surface area (Å²) in [4.78, 5) is 12.3. The third kappa shape index (κ3) is 6.08. The molecule has 6 nitrogen and oxygen atoms in total. The molecule has 6 heteroatoms. The van der Waals surface area contributed by atoms with Crippen molar-refractivity contribution in [1.82, 2.24) is 5.32 Å². The van der Waals surface area contributed by atoms with E-state index < -0.39 is 0 Å². The van der Waals surface area contributed by atoms with Gasteiger partial charge in [0.15, 0.2) is 11.5 Å². The van der Waals surface area contributed by atoms with E-state index in [1.807, 2.05) is 49.4 Å². The van der Waals surface area contributed by atoms with Crippen molar-refractivity contribution in [3.63, 3.8) is 0 Å². The number of carbonyl (C=O) groups excluding carboxylic acids is 1. The second-order valence-electron chi connectivity index (χ2n) is 6.27. The summed E-state index contributed by atoms with van der Waals surface area (Å²) in [6, 6.07) is 13.0. The minimum atomic E-state index is -0.0742. The molecule has 1 N–H and O–H groups in total. The zero-order valence-corrected chi connectivity index (χ0v) is 17.0. The highest BCUT2D eigenvalue weighted by Gasteiger charge is 2.15. The van der Waals surface area contributed by atoms with Crippen LogP contribution in [0.25, 0.3) is 0 Å². The summed E-state index contributed by atoms with van der Waals surface area (Å²) in [5, 5.41) is 3.08. The molecule has 2 aromatic carbocycles. The van der Waals surface area contributed by atoms with Crippen molar-refractivity contribution in [3.05, 3.63) is 48.0 Å². The number of hydrogen-bond acceptors (Lipinski definition) is 5. The van der Waals surface area contributed by atoms with E-state index in [0.717, 1.165) is 23.5 Å². The number of hydrogen-bond donors (Lipinski definition) is 1. The van der Waals surface area contributed by atoms with Crippen LogP contribution in [-0.2, 0) is 4.79 Å². The van der Waals surface area contributed by atoms with Crippen LogP contribution in [0, 0.1) is 0 Å². The monoisotopic (exact) mass is 387 g/mol. The molecule has 28 heavy (non-hydrogen) atoms. The minimum Gasteiger partial charge on any atom is -0.497 e. The fraction of sp³-hybridized carbons (Fsp3) is 0.409. The van der Waals surface area contributed by atoms with Crippen LogP contribution in [0.3, 0.4) is 0 Å². The van der Waals surface area contributed by atoms with E-state index >= 15 is 0 Å². The van der Waals surface area contributed by atoms with Crippen molar-refractivity contribution < 1.29 is 23.7 Å². The van der Waals surface area contributed by atoms with E-state index in [-0.39, 0.29) is 11.9 Å². The van der Waals surface area contributed by atoms with Gasteiger partial charge in [0.1, 0.15) is 11.5 Å². The molecule has 0 fully saturated rings. The van der Waals surface area contributed by atoms with E-state index in [4.69, 9.17) is 18.9 Å². The van der Waals surface area contributed by atoms with Gasteiger partial charge in [-0.2, -0.15) is 0 Å². The van der Waals surface area contributed by atoms with E-state index in [1.165, 1.54) is 0 Å². The number of methoxy groups -OCH3 is 3. The van der Waals surface area contributed by atoms with E-state index in [9.17, 15) is 4.79 Å². The van der Waals surface area contributed by atoms with Crippen LogP contribution in [0.4, 0.5) is 0 Å². The van der Waals surface area contributed by atoms with Gasteiger partial charge in [-0.25, -0.2) is 0 Å². The Morgan fingerprint density at radius 3 is 2.21 bits per heavy atom. The summed E-state index contributed by atoms with van der Waals surface area (Å²) in [5.74, 6) is 2.87. The summed E-state index contributed by atoms with van der Waals surface area (Å²) in [7, 11) is 4.83. The van der Waals surface area contributed by atoms with Crippen molar-refractivity contribution >= 4 is 5.91 Å². The third-order valence-corrected chi connectivity index (χ3v) is 4.43. The number of carbonyl (C=O) groups is 1. The Kier molecular flexibility index (Phi) is 8.46. The first kappa shape index (κ1) is 21.4. The molecule has 0 saturated heterocycles. The summed E-state index contributed by atoms with van der Waals surface area (Å²) in [5.41, 5.74) is 0.989. The molecule has 1 unspecified atom stereocenters. The van der Waals surface area contributed by atoms with E-state index in [0.29, 0.717) is 30.9 Å². The molecule has 2 aromatic rings. The predicted molar refractivity (Wildman–Crippen MR) is 108 cm³/mol. The first-order chi connectivity index (χ1) is 13.6. The van der Waals surface area contributed by atoms with Crippen molar-refractivity contribution in [2.24, 2.45) is 0 Å². The van der Waals surface area contributed by atoms with E-state index in [2.05, 4.69) is 5.32 Å². The first-order valence-corrected chi connectivity index (χ1v) is 9.39. The first-order valence-electron chi connectivity index (χ1n) is 9.39. The molecule has 152 valence electrons. The molecule has 0 saturated carbocycles. The van der Waals surface area contributed by atoms with Crippen LogP contribution in [0.15, 0.2) is 42.5 Å². The van der Waals surface area contributed by atoms with Crippen LogP contribution >= 0.6 is 0 Å². The molecule has 0 aliphatic rings. The molecule has 0 aromatic heterocycles. The van der Waals surface area contributed by atoms with Gasteiger partial charge in [-0.15, -0.1) is 0 Å². The zero-order chi connectivity index (χ0) is 20.4. The number of benzene rings is 2. The average molecular weight is 387 g/mol. The second kappa shape index (κ2) is 11.1. The lowest BCUT2D eigenvalue weighted by Crippen LogP contribution is -2.28. The van der Waals surface area contributed by atoms with Gasteiger partial charge in [0.2, 0.25) is 5.91 Å². The number of ether oxygens (including phenoxy) is 4. The van der Waals surface area contributed by atoms with Gasteiger partial charge in [0.25, 0.3) is 0 Å². The fourth-order valence-electron chi connectivity index (χ4n) is 2.85. The molecule has 0 aliphatic carbocycles. The van der Waals surface area contributed by atoms with Crippen LogP contribution in [0.1, 0.15) is 37.8 Å². The Hall–Kier alpha value is -2.89. The molecule has 1 atom stereocenters.